The van der Waals surface area contributed by atoms with Gasteiger partial charge in [0.15, 0.2) is 0 Å². The molecule has 0 amide bonds. The third-order valence-electron chi connectivity index (χ3n) is 1.55. The van der Waals surface area contributed by atoms with E-state index in [4.69, 9.17) is 11.5 Å². The van der Waals surface area contributed by atoms with E-state index in [1.54, 1.807) is 12.2 Å². The maximum absolute atomic E-state index is 5.69. The first-order valence-corrected chi connectivity index (χ1v) is 3.68. The van der Waals surface area contributed by atoms with Crippen molar-refractivity contribution in [3.63, 3.8) is 0 Å². The van der Waals surface area contributed by atoms with Crippen molar-refractivity contribution in [3.05, 3.63) is 48.2 Å². The third kappa shape index (κ3) is 1.89. The molecule has 0 radical (unpaired) electrons. The third-order valence-corrected chi connectivity index (χ3v) is 1.55. The Morgan fingerprint density at radius 3 is 2.58 bits per heavy atom. The number of para-hydroxylation sites is 1. The van der Waals surface area contributed by atoms with Crippen LogP contribution >= 0.6 is 0 Å². The maximum atomic E-state index is 5.69. The van der Waals surface area contributed by atoms with Crippen LogP contribution in [0.4, 0.5) is 5.69 Å². The molecule has 4 N–H and O–H groups in total. The maximum Gasteiger partial charge on any atom is 0.0388 e. The van der Waals surface area contributed by atoms with E-state index in [0.717, 1.165) is 11.3 Å². The number of rotatable bonds is 2. The number of hydrogen-bond acceptors (Lipinski definition) is 2. The second-order valence-electron chi connectivity index (χ2n) is 2.48. The highest BCUT2D eigenvalue weighted by Crippen LogP contribution is 2.13. The minimum atomic E-state index is 0.618. The fraction of sp³-hybridized carbons (Fsp3) is 0. The summed E-state index contributed by atoms with van der Waals surface area (Å²) in [5.74, 6) is 0. The van der Waals surface area contributed by atoms with E-state index < -0.39 is 0 Å². The zero-order valence-electron chi connectivity index (χ0n) is 6.83. The molecule has 0 aromatic heterocycles. The van der Waals surface area contributed by atoms with Gasteiger partial charge in [-0.05, 0) is 23.8 Å². The van der Waals surface area contributed by atoms with Gasteiger partial charge in [-0.3, -0.25) is 0 Å². The van der Waals surface area contributed by atoms with Crippen molar-refractivity contribution in [2.75, 3.05) is 5.73 Å². The van der Waals surface area contributed by atoms with Gasteiger partial charge in [0.25, 0.3) is 0 Å². The van der Waals surface area contributed by atoms with Crippen LogP contribution < -0.4 is 11.5 Å². The molecule has 12 heavy (non-hydrogen) atoms. The molecule has 0 heterocycles. The van der Waals surface area contributed by atoms with Gasteiger partial charge < -0.3 is 11.5 Å². The van der Waals surface area contributed by atoms with Gasteiger partial charge >= 0.3 is 0 Å². The summed E-state index contributed by atoms with van der Waals surface area (Å²) < 4.78 is 0. The minimum absolute atomic E-state index is 0.618. The average Bonchev–Trinajstić information content (AvgIpc) is 2.09. The Hall–Kier alpha value is -1.70. The zero-order chi connectivity index (χ0) is 8.97. The molecule has 0 atom stereocenters. The summed E-state index contributed by atoms with van der Waals surface area (Å²) in [6, 6.07) is 7.54. The lowest BCUT2D eigenvalue weighted by Crippen LogP contribution is -1.94. The molecule has 0 aliphatic carbocycles. The molecular weight excluding hydrogens is 148 g/mol. The highest BCUT2D eigenvalue weighted by Gasteiger charge is 1.92. The fourth-order valence-electron chi connectivity index (χ4n) is 0.881. The minimum Gasteiger partial charge on any atom is -0.399 e. The topological polar surface area (TPSA) is 52.0 Å². The molecule has 0 aliphatic rings. The molecule has 0 unspecified atom stereocenters. The molecule has 0 bridgehead atoms. The van der Waals surface area contributed by atoms with E-state index >= 15 is 0 Å². The van der Waals surface area contributed by atoms with Gasteiger partial charge in [-0.1, -0.05) is 24.8 Å². The highest BCUT2D eigenvalue weighted by molar-refractivity contribution is 5.66. The zero-order valence-corrected chi connectivity index (χ0v) is 6.83. The quantitative estimate of drug-likeness (QED) is 0.511. The van der Waals surface area contributed by atoms with Crippen LogP contribution in [0.15, 0.2) is 42.6 Å². The van der Waals surface area contributed by atoms with Crippen LogP contribution in [0.1, 0.15) is 5.56 Å². The number of anilines is 1. The van der Waals surface area contributed by atoms with Crippen LogP contribution in [0.2, 0.25) is 0 Å². The Morgan fingerprint density at radius 2 is 2.00 bits per heavy atom. The average molecular weight is 160 g/mol. The Balaban J connectivity index is 3.04. The van der Waals surface area contributed by atoms with Crippen molar-refractivity contribution in [2.24, 2.45) is 5.73 Å². The predicted molar refractivity (Wildman–Crippen MR) is 53.2 cm³/mol. The largest absolute Gasteiger partial charge is 0.399 e. The van der Waals surface area contributed by atoms with Crippen molar-refractivity contribution in [1.29, 1.82) is 0 Å². The summed E-state index contributed by atoms with van der Waals surface area (Å²) >= 11 is 0. The summed E-state index contributed by atoms with van der Waals surface area (Å²) in [6.07, 6.45) is 3.38. The molecule has 2 nitrogen and oxygen atoms in total. The molecule has 0 fully saturated rings. The second-order valence-corrected chi connectivity index (χ2v) is 2.48. The molecule has 1 aromatic carbocycles. The number of benzene rings is 1. The van der Waals surface area contributed by atoms with Crippen LogP contribution in [0.3, 0.4) is 0 Å². The number of hydrogen-bond donors (Lipinski definition) is 2. The van der Waals surface area contributed by atoms with E-state index in [9.17, 15) is 0 Å². The van der Waals surface area contributed by atoms with Crippen LogP contribution in [0.25, 0.3) is 6.08 Å². The van der Waals surface area contributed by atoms with E-state index in [1.807, 2.05) is 24.3 Å². The van der Waals surface area contributed by atoms with Gasteiger partial charge in [-0.25, -0.2) is 0 Å². The Labute approximate surface area is 72.2 Å². The smallest absolute Gasteiger partial charge is 0.0388 e. The van der Waals surface area contributed by atoms with Gasteiger partial charge in [-0.2, -0.15) is 0 Å². The summed E-state index contributed by atoms with van der Waals surface area (Å²) in [4.78, 5) is 0. The molecule has 0 saturated carbocycles. The highest BCUT2D eigenvalue weighted by atomic mass is 14.6. The lowest BCUT2D eigenvalue weighted by atomic mass is 10.1. The first-order chi connectivity index (χ1) is 5.74. The van der Waals surface area contributed by atoms with Crippen LogP contribution in [-0.2, 0) is 0 Å². The number of allylic oxidation sites excluding steroid dienone is 1. The standard InChI is InChI=1S/C10H12N2/c1-2-9(11)7-8-5-3-4-6-10(8)12/h2-7H,1,11-12H2/b9-7+. The first kappa shape index (κ1) is 8.40. The van der Waals surface area contributed by atoms with Crippen molar-refractivity contribution in [3.8, 4) is 0 Å². The van der Waals surface area contributed by atoms with E-state index in [1.165, 1.54) is 0 Å². The molecule has 62 valence electrons. The van der Waals surface area contributed by atoms with Crippen molar-refractivity contribution >= 4 is 11.8 Å². The first-order valence-electron chi connectivity index (χ1n) is 3.68. The fourth-order valence-corrected chi connectivity index (χ4v) is 0.881. The number of nitrogens with two attached hydrogens (primary N) is 2. The van der Waals surface area contributed by atoms with Crippen LogP contribution in [-0.4, -0.2) is 0 Å². The summed E-state index contributed by atoms with van der Waals surface area (Å²) in [6.45, 7) is 3.55. The summed E-state index contributed by atoms with van der Waals surface area (Å²) in [5, 5.41) is 0. The Bertz CT molecular complexity index is 313. The SMILES string of the molecule is C=C/C(N)=C\c1ccccc1N. The van der Waals surface area contributed by atoms with E-state index in [2.05, 4.69) is 6.58 Å². The van der Waals surface area contributed by atoms with Gasteiger partial charge in [0.05, 0.1) is 0 Å². The molecule has 1 rings (SSSR count). The van der Waals surface area contributed by atoms with E-state index in [0.29, 0.717) is 5.70 Å². The molecule has 0 spiro atoms. The Kier molecular flexibility index (Phi) is 2.53. The lowest BCUT2D eigenvalue weighted by Gasteiger charge is -1.99. The summed E-state index contributed by atoms with van der Waals surface area (Å²) in [7, 11) is 0. The summed E-state index contributed by atoms with van der Waals surface area (Å²) in [5.41, 5.74) is 13.5. The molecule has 2 heteroatoms. The lowest BCUT2D eigenvalue weighted by molar-refractivity contribution is 1.46. The monoisotopic (exact) mass is 160 g/mol. The van der Waals surface area contributed by atoms with Crippen molar-refractivity contribution < 1.29 is 0 Å². The van der Waals surface area contributed by atoms with Gasteiger partial charge in [0, 0.05) is 11.4 Å². The van der Waals surface area contributed by atoms with Crippen LogP contribution in [0.5, 0.6) is 0 Å². The molecule has 0 saturated heterocycles. The van der Waals surface area contributed by atoms with Gasteiger partial charge in [-0.15, -0.1) is 0 Å². The van der Waals surface area contributed by atoms with Gasteiger partial charge in [0.2, 0.25) is 0 Å². The van der Waals surface area contributed by atoms with Crippen molar-refractivity contribution in [2.45, 2.75) is 0 Å². The second kappa shape index (κ2) is 3.62. The Morgan fingerprint density at radius 1 is 1.33 bits per heavy atom. The molecule has 1 aromatic rings. The van der Waals surface area contributed by atoms with Crippen molar-refractivity contribution in [1.82, 2.24) is 0 Å². The van der Waals surface area contributed by atoms with E-state index in [-0.39, 0.29) is 0 Å². The normalized spacial score (nSPS) is 11.2. The van der Waals surface area contributed by atoms with Crippen LogP contribution in [0, 0.1) is 0 Å². The number of nitrogen functional groups attached to an aromatic ring is 1. The molecule has 0 aliphatic heterocycles. The predicted octanol–water partition coefficient (Wildman–Crippen LogP) is 1.75. The molecular formula is C10H12N2. The van der Waals surface area contributed by atoms with Gasteiger partial charge in [0.1, 0.15) is 0 Å².